The van der Waals surface area contributed by atoms with Crippen molar-refractivity contribution < 1.29 is 9.90 Å². The number of rotatable bonds is 1. The highest BCUT2D eigenvalue weighted by Gasteiger charge is 2.40. The molecule has 4 nitrogen and oxygen atoms in total. The molecule has 0 unspecified atom stereocenters. The van der Waals surface area contributed by atoms with Crippen molar-refractivity contribution in [3.05, 3.63) is 28.2 Å². The predicted octanol–water partition coefficient (Wildman–Crippen LogP) is 1.24. The highest BCUT2D eigenvalue weighted by atomic mass is 79.9. The van der Waals surface area contributed by atoms with Crippen LogP contribution >= 0.6 is 15.9 Å². The van der Waals surface area contributed by atoms with Crippen molar-refractivity contribution in [2.24, 2.45) is 0 Å². The third-order valence-electron chi connectivity index (χ3n) is 2.60. The largest absolute Gasteiger partial charge is 0.398 e. The number of carbonyl (C=O) groups excluding carboxylic acids is 1. The number of nitrogens with two attached hydrogens (primary N) is 1. The lowest BCUT2D eigenvalue weighted by Crippen LogP contribution is -2.61. The van der Waals surface area contributed by atoms with Gasteiger partial charge in [0, 0.05) is 10.2 Å². The van der Waals surface area contributed by atoms with E-state index >= 15 is 0 Å². The second-order valence-electron chi connectivity index (χ2n) is 4.39. The smallest absolute Gasteiger partial charge is 0.256 e. The van der Waals surface area contributed by atoms with E-state index in [0.29, 0.717) is 24.3 Å². The van der Waals surface area contributed by atoms with Crippen molar-refractivity contribution in [3.8, 4) is 0 Å². The number of hydrogen-bond donors (Lipinski definition) is 2. The molecule has 0 radical (unpaired) electrons. The van der Waals surface area contributed by atoms with Gasteiger partial charge in [-0.2, -0.15) is 0 Å². The molecule has 1 aliphatic heterocycles. The standard InChI is InChI=1S/C11H13BrN2O2/c1-11(16)5-14(6-11)10(15)8-4-7(12)2-3-9(8)13/h2-4,16H,5-6,13H2,1H3. The van der Waals surface area contributed by atoms with Gasteiger partial charge in [-0.3, -0.25) is 4.79 Å². The van der Waals surface area contributed by atoms with Crippen LogP contribution in [0.3, 0.4) is 0 Å². The summed E-state index contributed by atoms with van der Waals surface area (Å²) in [4.78, 5) is 13.6. The molecular formula is C11H13BrN2O2. The van der Waals surface area contributed by atoms with E-state index in [9.17, 15) is 9.90 Å². The summed E-state index contributed by atoms with van der Waals surface area (Å²) in [6.07, 6.45) is 0. The molecule has 5 heteroatoms. The maximum atomic E-state index is 12.0. The maximum Gasteiger partial charge on any atom is 0.256 e. The summed E-state index contributed by atoms with van der Waals surface area (Å²) < 4.78 is 0.817. The number of aliphatic hydroxyl groups is 1. The first-order valence-electron chi connectivity index (χ1n) is 4.96. The number of nitrogens with zero attached hydrogens (tertiary/aromatic N) is 1. The molecule has 1 aromatic carbocycles. The van der Waals surface area contributed by atoms with E-state index in [1.54, 1.807) is 30.0 Å². The van der Waals surface area contributed by atoms with Gasteiger partial charge in [0.2, 0.25) is 0 Å². The molecule has 2 rings (SSSR count). The fraction of sp³-hybridized carbons (Fsp3) is 0.364. The molecular weight excluding hydrogens is 272 g/mol. The predicted molar refractivity (Wildman–Crippen MR) is 65.1 cm³/mol. The van der Waals surface area contributed by atoms with Gasteiger partial charge in [0.25, 0.3) is 5.91 Å². The van der Waals surface area contributed by atoms with Crippen LogP contribution in [0.2, 0.25) is 0 Å². The van der Waals surface area contributed by atoms with Crippen molar-refractivity contribution in [1.29, 1.82) is 0 Å². The first kappa shape index (κ1) is 11.4. The molecule has 0 saturated carbocycles. The summed E-state index contributed by atoms with van der Waals surface area (Å²) in [6, 6.07) is 5.18. The Hall–Kier alpha value is -1.07. The average Bonchev–Trinajstić information content (AvgIpc) is 2.17. The number of benzene rings is 1. The molecule has 3 N–H and O–H groups in total. The summed E-state index contributed by atoms with van der Waals surface area (Å²) in [5.41, 5.74) is 5.93. The summed E-state index contributed by atoms with van der Waals surface area (Å²) in [7, 11) is 0. The minimum atomic E-state index is -0.754. The van der Waals surface area contributed by atoms with Gasteiger partial charge in [-0.25, -0.2) is 0 Å². The number of likely N-dealkylation sites (tertiary alicyclic amines) is 1. The molecule has 0 bridgehead atoms. The van der Waals surface area contributed by atoms with Crippen LogP contribution < -0.4 is 5.73 Å². The molecule has 0 spiro atoms. The molecule has 1 aliphatic rings. The lowest BCUT2D eigenvalue weighted by molar-refractivity contribution is -0.0668. The minimum Gasteiger partial charge on any atom is -0.398 e. The minimum absolute atomic E-state index is 0.134. The van der Waals surface area contributed by atoms with Crippen LogP contribution in [0.1, 0.15) is 17.3 Å². The van der Waals surface area contributed by atoms with Gasteiger partial charge in [0.05, 0.1) is 24.3 Å². The van der Waals surface area contributed by atoms with E-state index in [2.05, 4.69) is 15.9 Å². The highest BCUT2D eigenvalue weighted by molar-refractivity contribution is 9.10. The number of nitrogen functional groups attached to an aromatic ring is 1. The lowest BCUT2D eigenvalue weighted by atomic mass is 9.95. The van der Waals surface area contributed by atoms with Gasteiger partial charge in [0.1, 0.15) is 0 Å². The molecule has 1 heterocycles. The van der Waals surface area contributed by atoms with E-state index in [4.69, 9.17) is 5.73 Å². The molecule has 0 atom stereocenters. The van der Waals surface area contributed by atoms with Crippen LogP contribution in [-0.2, 0) is 0 Å². The van der Waals surface area contributed by atoms with Crippen LogP contribution in [0.25, 0.3) is 0 Å². The fourth-order valence-corrected chi connectivity index (χ4v) is 2.16. The van der Waals surface area contributed by atoms with Crippen LogP contribution in [-0.4, -0.2) is 34.6 Å². The Bertz CT molecular complexity index is 438. The van der Waals surface area contributed by atoms with Gasteiger partial charge in [-0.15, -0.1) is 0 Å². The SMILES string of the molecule is CC1(O)CN(C(=O)c2cc(Br)ccc2N)C1. The molecule has 0 aromatic heterocycles. The monoisotopic (exact) mass is 284 g/mol. The fourth-order valence-electron chi connectivity index (χ4n) is 1.80. The van der Waals surface area contributed by atoms with Crippen LogP contribution in [0.4, 0.5) is 5.69 Å². The lowest BCUT2D eigenvalue weighted by Gasteiger charge is -2.44. The highest BCUT2D eigenvalue weighted by Crippen LogP contribution is 2.25. The number of hydrogen-bond acceptors (Lipinski definition) is 3. The van der Waals surface area contributed by atoms with E-state index in [-0.39, 0.29) is 5.91 Å². The second kappa shape index (κ2) is 3.75. The van der Waals surface area contributed by atoms with Crippen molar-refractivity contribution in [2.45, 2.75) is 12.5 Å². The van der Waals surface area contributed by atoms with Gasteiger partial charge in [0.15, 0.2) is 0 Å². The molecule has 0 aliphatic carbocycles. The number of halogens is 1. The van der Waals surface area contributed by atoms with Crippen LogP contribution in [0, 0.1) is 0 Å². The molecule has 1 saturated heterocycles. The van der Waals surface area contributed by atoms with Crippen molar-refractivity contribution >= 4 is 27.5 Å². The number of β-amino-alcohol motifs (C(OH)–C–C–N with tert-alkyl or cyclic N) is 1. The Morgan fingerprint density at radius 3 is 2.75 bits per heavy atom. The Morgan fingerprint density at radius 2 is 2.19 bits per heavy atom. The molecule has 1 aromatic rings. The van der Waals surface area contributed by atoms with Gasteiger partial charge in [-0.1, -0.05) is 15.9 Å². The quantitative estimate of drug-likeness (QED) is 0.763. The zero-order valence-electron chi connectivity index (χ0n) is 8.90. The topological polar surface area (TPSA) is 66.6 Å². The van der Waals surface area contributed by atoms with E-state index in [0.717, 1.165) is 4.47 Å². The summed E-state index contributed by atoms with van der Waals surface area (Å²) in [5.74, 6) is -0.134. The summed E-state index contributed by atoms with van der Waals surface area (Å²) in [6.45, 7) is 2.43. The molecule has 86 valence electrons. The van der Waals surface area contributed by atoms with Crippen molar-refractivity contribution in [2.75, 3.05) is 18.8 Å². The molecule has 16 heavy (non-hydrogen) atoms. The number of amides is 1. The second-order valence-corrected chi connectivity index (χ2v) is 5.31. The summed E-state index contributed by atoms with van der Waals surface area (Å²) in [5, 5.41) is 9.57. The van der Waals surface area contributed by atoms with Gasteiger partial charge in [-0.05, 0) is 25.1 Å². The van der Waals surface area contributed by atoms with E-state index < -0.39 is 5.60 Å². The Morgan fingerprint density at radius 1 is 1.56 bits per heavy atom. The molecule has 1 amide bonds. The molecule has 1 fully saturated rings. The first-order valence-corrected chi connectivity index (χ1v) is 5.75. The van der Waals surface area contributed by atoms with Crippen LogP contribution in [0.5, 0.6) is 0 Å². The Kier molecular flexibility index (Phi) is 2.67. The van der Waals surface area contributed by atoms with E-state index in [1.165, 1.54) is 0 Å². The third-order valence-corrected chi connectivity index (χ3v) is 3.09. The zero-order chi connectivity index (χ0) is 11.9. The third kappa shape index (κ3) is 2.05. The van der Waals surface area contributed by atoms with Crippen LogP contribution in [0.15, 0.2) is 22.7 Å². The zero-order valence-corrected chi connectivity index (χ0v) is 10.5. The van der Waals surface area contributed by atoms with Crippen molar-refractivity contribution in [1.82, 2.24) is 4.90 Å². The van der Waals surface area contributed by atoms with Gasteiger partial charge >= 0.3 is 0 Å². The Labute approximate surface area is 102 Å². The number of anilines is 1. The summed E-state index contributed by atoms with van der Waals surface area (Å²) >= 11 is 3.30. The van der Waals surface area contributed by atoms with Crippen molar-refractivity contribution in [3.63, 3.8) is 0 Å². The van der Waals surface area contributed by atoms with E-state index in [1.807, 2.05) is 0 Å². The normalized spacial score (nSPS) is 18.1. The average molecular weight is 285 g/mol. The maximum absolute atomic E-state index is 12.0. The Balaban J connectivity index is 2.19. The number of carbonyl (C=O) groups is 1. The van der Waals surface area contributed by atoms with Gasteiger partial charge < -0.3 is 15.7 Å². The first-order chi connectivity index (χ1) is 7.39.